The minimum atomic E-state index is -0.236. The van der Waals surface area contributed by atoms with Crippen molar-refractivity contribution in [1.29, 1.82) is 0 Å². The molecule has 1 aliphatic heterocycles. The predicted octanol–water partition coefficient (Wildman–Crippen LogP) is 3.76. The molecular formula is C25H36N4O3. The number of H-pyrrole nitrogens is 1. The Hall–Kier alpha value is -2.54. The second kappa shape index (κ2) is 10.9. The van der Waals surface area contributed by atoms with E-state index in [2.05, 4.69) is 45.1 Å². The Balaban J connectivity index is 1.33. The van der Waals surface area contributed by atoms with Gasteiger partial charge in [-0.15, -0.1) is 0 Å². The van der Waals surface area contributed by atoms with Gasteiger partial charge in [-0.25, -0.2) is 5.10 Å². The number of hydrogen-bond donors (Lipinski definition) is 1. The molecular weight excluding hydrogens is 404 g/mol. The van der Waals surface area contributed by atoms with Gasteiger partial charge < -0.3 is 14.4 Å². The van der Waals surface area contributed by atoms with Crippen LogP contribution in [0.25, 0.3) is 0 Å². The molecule has 2 heterocycles. The first-order chi connectivity index (χ1) is 15.6. The van der Waals surface area contributed by atoms with E-state index in [9.17, 15) is 4.79 Å². The van der Waals surface area contributed by atoms with Crippen molar-refractivity contribution < 1.29 is 9.47 Å². The van der Waals surface area contributed by atoms with Gasteiger partial charge in [-0.1, -0.05) is 44.2 Å². The Bertz CT molecular complexity index is 931. The monoisotopic (exact) mass is 440 g/mol. The van der Waals surface area contributed by atoms with E-state index < -0.39 is 0 Å². The summed E-state index contributed by atoms with van der Waals surface area (Å²) in [7, 11) is 1.72. The summed E-state index contributed by atoms with van der Waals surface area (Å²) in [5.74, 6) is 2.09. The summed E-state index contributed by atoms with van der Waals surface area (Å²) < 4.78 is 11.5. The number of ether oxygens (including phenoxy) is 2. The molecule has 0 radical (unpaired) electrons. The zero-order valence-electron chi connectivity index (χ0n) is 19.4. The highest BCUT2D eigenvalue weighted by Gasteiger charge is 2.23. The average molecular weight is 441 g/mol. The van der Waals surface area contributed by atoms with Crippen molar-refractivity contribution >= 4 is 5.69 Å². The average Bonchev–Trinajstić information content (AvgIpc) is 2.82. The van der Waals surface area contributed by atoms with Crippen LogP contribution in [0.1, 0.15) is 49.7 Å². The maximum Gasteiger partial charge on any atom is 0.308 e. The number of benzene rings is 1. The summed E-state index contributed by atoms with van der Waals surface area (Å²) >= 11 is 0. The minimum absolute atomic E-state index is 0.236. The van der Waals surface area contributed by atoms with Gasteiger partial charge in [0, 0.05) is 32.7 Å². The Kier molecular flexibility index (Phi) is 7.68. The van der Waals surface area contributed by atoms with E-state index in [0.717, 1.165) is 62.1 Å². The summed E-state index contributed by atoms with van der Waals surface area (Å²) in [4.78, 5) is 17.1. The number of aryl methyl sites for hydroxylation is 1. The summed E-state index contributed by atoms with van der Waals surface area (Å²) in [6.45, 7) is 7.07. The maximum absolute atomic E-state index is 12.5. The van der Waals surface area contributed by atoms with Crippen LogP contribution in [0.5, 0.6) is 11.5 Å². The molecule has 7 heteroatoms. The molecule has 0 atom stereocenters. The number of aromatic nitrogens is 2. The van der Waals surface area contributed by atoms with Crippen LogP contribution in [0.15, 0.2) is 29.2 Å². The summed E-state index contributed by atoms with van der Waals surface area (Å²) in [6.07, 6.45) is 9.34. The standard InChI is InChI=1S/C25H36N4O3/c1-19-8-9-21(16-23(19)31-2)18-28-11-13-29(14-12-28)22-17-26-27-25(30)24(22)32-15-10-20-6-4-3-5-7-20/h8-9,16-17,20H,3-7,10-15,18H2,1-2H3,(H,27,30). The molecule has 2 fully saturated rings. The molecule has 2 aliphatic rings. The first-order valence-corrected chi connectivity index (χ1v) is 12.0. The number of nitrogens with one attached hydrogen (secondary N) is 1. The highest BCUT2D eigenvalue weighted by Crippen LogP contribution is 2.28. The van der Waals surface area contributed by atoms with Crippen molar-refractivity contribution in [3.63, 3.8) is 0 Å². The molecule has 0 bridgehead atoms. The van der Waals surface area contributed by atoms with E-state index in [1.54, 1.807) is 13.3 Å². The molecule has 1 N–H and O–H groups in total. The fourth-order valence-corrected chi connectivity index (χ4v) is 4.91. The predicted molar refractivity (Wildman–Crippen MR) is 127 cm³/mol. The molecule has 2 aromatic rings. The molecule has 32 heavy (non-hydrogen) atoms. The smallest absolute Gasteiger partial charge is 0.308 e. The first-order valence-electron chi connectivity index (χ1n) is 12.0. The molecule has 1 saturated heterocycles. The second-order valence-corrected chi connectivity index (χ2v) is 9.12. The van der Waals surface area contributed by atoms with E-state index in [1.165, 1.54) is 37.7 Å². The van der Waals surface area contributed by atoms with E-state index in [-0.39, 0.29) is 5.56 Å². The van der Waals surface area contributed by atoms with Crippen LogP contribution in [0.3, 0.4) is 0 Å². The number of hydrogen-bond acceptors (Lipinski definition) is 6. The summed E-state index contributed by atoms with van der Waals surface area (Å²) in [5, 5.41) is 6.59. The van der Waals surface area contributed by atoms with Gasteiger partial charge >= 0.3 is 5.56 Å². The van der Waals surface area contributed by atoms with Crippen LogP contribution in [0.2, 0.25) is 0 Å². The Morgan fingerprint density at radius 2 is 1.91 bits per heavy atom. The van der Waals surface area contributed by atoms with Gasteiger partial charge in [-0.05, 0) is 36.5 Å². The van der Waals surface area contributed by atoms with Crippen LogP contribution in [0, 0.1) is 12.8 Å². The van der Waals surface area contributed by atoms with Crippen molar-refractivity contribution in [1.82, 2.24) is 15.1 Å². The van der Waals surface area contributed by atoms with Gasteiger partial charge in [0.15, 0.2) is 0 Å². The van der Waals surface area contributed by atoms with E-state index in [1.807, 2.05) is 0 Å². The van der Waals surface area contributed by atoms with E-state index in [0.29, 0.717) is 12.4 Å². The summed E-state index contributed by atoms with van der Waals surface area (Å²) in [5.41, 5.74) is 2.98. The molecule has 7 nitrogen and oxygen atoms in total. The third-order valence-corrected chi connectivity index (χ3v) is 6.88. The van der Waals surface area contributed by atoms with Crippen molar-refractivity contribution in [3.8, 4) is 11.5 Å². The number of piperazine rings is 1. The van der Waals surface area contributed by atoms with E-state index in [4.69, 9.17) is 9.47 Å². The maximum atomic E-state index is 12.5. The zero-order chi connectivity index (χ0) is 22.3. The van der Waals surface area contributed by atoms with Crippen molar-refractivity contribution in [2.24, 2.45) is 5.92 Å². The Morgan fingerprint density at radius 1 is 1.12 bits per heavy atom. The molecule has 4 rings (SSSR count). The van der Waals surface area contributed by atoms with Gasteiger partial charge in [0.1, 0.15) is 11.4 Å². The van der Waals surface area contributed by atoms with Gasteiger partial charge in [-0.2, -0.15) is 5.10 Å². The quantitative estimate of drug-likeness (QED) is 0.674. The van der Waals surface area contributed by atoms with Crippen LogP contribution < -0.4 is 19.9 Å². The van der Waals surface area contributed by atoms with Gasteiger partial charge in [-0.3, -0.25) is 9.69 Å². The van der Waals surface area contributed by atoms with Gasteiger partial charge in [0.2, 0.25) is 5.75 Å². The highest BCUT2D eigenvalue weighted by atomic mass is 16.5. The van der Waals surface area contributed by atoms with Crippen LogP contribution >= 0.6 is 0 Å². The number of aromatic amines is 1. The molecule has 174 valence electrons. The molecule has 0 unspecified atom stereocenters. The van der Waals surface area contributed by atoms with Gasteiger partial charge in [0.25, 0.3) is 0 Å². The van der Waals surface area contributed by atoms with Crippen molar-refractivity contribution in [3.05, 3.63) is 45.9 Å². The number of nitrogens with zero attached hydrogens (tertiary/aromatic N) is 3. The molecule has 1 aromatic carbocycles. The molecule has 1 aliphatic carbocycles. The largest absolute Gasteiger partial charge is 0.496 e. The lowest BCUT2D eigenvalue weighted by atomic mass is 9.87. The SMILES string of the molecule is COc1cc(CN2CCN(c3cn[nH]c(=O)c3OCCC3CCCCC3)CC2)ccc1C. The fraction of sp³-hybridized carbons (Fsp3) is 0.600. The molecule has 0 spiro atoms. The molecule has 1 saturated carbocycles. The molecule has 0 amide bonds. The third-order valence-electron chi connectivity index (χ3n) is 6.88. The fourth-order valence-electron chi connectivity index (χ4n) is 4.91. The normalized spacial score (nSPS) is 18.0. The van der Waals surface area contributed by atoms with Crippen molar-refractivity contribution in [2.45, 2.75) is 52.0 Å². The number of methoxy groups -OCH3 is 1. The number of anilines is 1. The first kappa shape index (κ1) is 22.6. The highest BCUT2D eigenvalue weighted by molar-refractivity contribution is 5.56. The van der Waals surface area contributed by atoms with Crippen LogP contribution in [-0.4, -0.2) is 55.0 Å². The zero-order valence-corrected chi connectivity index (χ0v) is 19.4. The Morgan fingerprint density at radius 3 is 2.66 bits per heavy atom. The Labute approximate surface area is 190 Å². The van der Waals surface area contributed by atoms with Crippen molar-refractivity contribution in [2.75, 3.05) is 44.8 Å². The number of rotatable bonds is 8. The lowest BCUT2D eigenvalue weighted by Crippen LogP contribution is -2.46. The topological polar surface area (TPSA) is 70.7 Å². The van der Waals surface area contributed by atoms with Gasteiger partial charge in [0.05, 0.1) is 19.9 Å². The second-order valence-electron chi connectivity index (χ2n) is 9.12. The summed E-state index contributed by atoms with van der Waals surface area (Å²) in [6, 6.07) is 6.41. The lowest BCUT2D eigenvalue weighted by molar-refractivity contribution is 0.238. The van der Waals surface area contributed by atoms with E-state index >= 15 is 0 Å². The van der Waals surface area contributed by atoms with Crippen LogP contribution in [0.4, 0.5) is 5.69 Å². The van der Waals surface area contributed by atoms with Crippen LogP contribution in [-0.2, 0) is 6.54 Å². The molecule has 1 aromatic heterocycles. The third kappa shape index (κ3) is 5.63. The minimum Gasteiger partial charge on any atom is -0.496 e. The lowest BCUT2D eigenvalue weighted by Gasteiger charge is -2.36.